The summed E-state index contributed by atoms with van der Waals surface area (Å²) in [5.74, 6) is 0. The van der Waals surface area contributed by atoms with Crippen LogP contribution in [0.1, 0.15) is 39.7 Å². The Bertz CT molecular complexity index is 566. The fourth-order valence-electron chi connectivity index (χ4n) is 2.47. The molecule has 0 atom stereocenters. The maximum absolute atomic E-state index is 12.0. The molecule has 1 saturated heterocycles. The first-order chi connectivity index (χ1) is 9.78. The highest BCUT2D eigenvalue weighted by atomic mass is 16.6. The highest BCUT2D eigenvalue weighted by molar-refractivity contribution is 5.68. The highest BCUT2D eigenvalue weighted by Gasteiger charge is 2.27. The smallest absolute Gasteiger partial charge is 0.410 e. The molecule has 1 aliphatic heterocycles. The van der Waals surface area contributed by atoms with Crippen LogP contribution in [0, 0.1) is 0 Å². The Morgan fingerprint density at radius 1 is 1.33 bits per heavy atom. The van der Waals surface area contributed by atoms with E-state index in [1.165, 1.54) is 0 Å². The van der Waals surface area contributed by atoms with Crippen molar-refractivity contribution in [2.75, 3.05) is 18.8 Å². The minimum Gasteiger partial charge on any atom is -0.444 e. The van der Waals surface area contributed by atoms with Crippen molar-refractivity contribution in [2.24, 2.45) is 0 Å². The number of nitrogens with two attached hydrogens (primary N) is 1. The summed E-state index contributed by atoms with van der Waals surface area (Å²) in [6.07, 6.45) is 2.92. The van der Waals surface area contributed by atoms with Gasteiger partial charge in [0.2, 0.25) is 0 Å². The number of pyridine rings is 1. The van der Waals surface area contributed by atoms with Gasteiger partial charge in [-0.3, -0.25) is 4.79 Å². The van der Waals surface area contributed by atoms with Crippen molar-refractivity contribution in [1.82, 2.24) is 9.47 Å². The molecule has 0 bridgehead atoms. The van der Waals surface area contributed by atoms with E-state index in [9.17, 15) is 9.59 Å². The van der Waals surface area contributed by atoms with Gasteiger partial charge < -0.3 is 19.9 Å². The van der Waals surface area contributed by atoms with Crippen LogP contribution in [0.25, 0.3) is 0 Å². The number of nitrogen functional groups attached to an aromatic ring is 1. The number of ether oxygens (including phenoxy) is 1. The third kappa shape index (κ3) is 3.77. The number of likely N-dealkylation sites (tertiary alicyclic amines) is 1. The minimum absolute atomic E-state index is 0.0830. The summed E-state index contributed by atoms with van der Waals surface area (Å²) in [4.78, 5) is 25.7. The number of carbonyl (C=O) groups excluding carboxylic acids is 1. The molecule has 6 nitrogen and oxygen atoms in total. The predicted octanol–water partition coefficient (Wildman–Crippen LogP) is 2.00. The molecule has 0 aromatic carbocycles. The third-order valence-electron chi connectivity index (χ3n) is 3.51. The molecule has 2 heterocycles. The van der Waals surface area contributed by atoms with Crippen LogP contribution >= 0.6 is 0 Å². The summed E-state index contributed by atoms with van der Waals surface area (Å²) in [5, 5.41) is 0. The summed E-state index contributed by atoms with van der Waals surface area (Å²) >= 11 is 0. The van der Waals surface area contributed by atoms with E-state index in [4.69, 9.17) is 10.5 Å². The topological polar surface area (TPSA) is 77.6 Å². The Hall–Kier alpha value is -1.98. The van der Waals surface area contributed by atoms with Crippen molar-refractivity contribution < 1.29 is 9.53 Å². The second-order valence-corrected chi connectivity index (χ2v) is 6.37. The van der Waals surface area contributed by atoms with E-state index in [1.54, 1.807) is 27.8 Å². The third-order valence-corrected chi connectivity index (χ3v) is 3.51. The Kier molecular flexibility index (Phi) is 4.25. The van der Waals surface area contributed by atoms with E-state index in [0.717, 1.165) is 12.8 Å². The van der Waals surface area contributed by atoms with Gasteiger partial charge in [0.15, 0.2) is 0 Å². The van der Waals surface area contributed by atoms with Gasteiger partial charge in [-0.2, -0.15) is 0 Å². The minimum atomic E-state index is -0.487. The fraction of sp³-hybridized carbons (Fsp3) is 0.600. The maximum atomic E-state index is 12.0. The van der Waals surface area contributed by atoms with Gasteiger partial charge in [0, 0.05) is 25.3 Å². The molecule has 0 spiro atoms. The zero-order valence-electron chi connectivity index (χ0n) is 12.8. The number of hydrogen-bond acceptors (Lipinski definition) is 4. The van der Waals surface area contributed by atoms with Gasteiger partial charge >= 0.3 is 6.09 Å². The van der Waals surface area contributed by atoms with E-state index in [1.807, 2.05) is 20.8 Å². The zero-order valence-corrected chi connectivity index (χ0v) is 12.8. The molecule has 2 rings (SSSR count). The molecule has 0 unspecified atom stereocenters. The summed E-state index contributed by atoms with van der Waals surface area (Å²) in [6, 6.07) is 3.46. The molecule has 1 aliphatic rings. The lowest BCUT2D eigenvalue weighted by atomic mass is 10.0. The van der Waals surface area contributed by atoms with Crippen LogP contribution in [-0.2, 0) is 4.74 Å². The van der Waals surface area contributed by atoms with Crippen molar-refractivity contribution in [3.8, 4) is 0 Å². The molecular formula is C15H23N3O3. The second-order valence-electron chi connectivity index (χ2n) is 6.37. The largest absolute Gasteiger partial charge is 0.444 e. The molecule has 0 aliphatic carbocycles. The monoisotopic (exact) mass is 293 g/mol. The number of hydrogen-bond donors (Lipinski definition) is 1. The number of rotatable bonds is 1. The maximum Gasteiger partial charge on any atom is 0.410 e. The molecule has 21 heavy (non-hydrogen) atoms. The standard InChI is InChI=1S/C15H23N3O3/c1-15(2,3)21-14(20)17-9-6-11(7-10-17)18-8-4-5-12(16)13(18)19/h4-5,8,11H,6-7,9-10,16H2,1-3H3. The van der Waals surface area contributed by atoms with E-state index in [0.29, 0.717) is 13.1 Å². The molecule has 6 heteroatoms. The number of nitrogens with zero attached hydrogens (tertiary/aromatic N) is 2. The zero-order chi connectivity index (χ0) is 15.6. The highest BCUT2D eigenvalue weighted by Crippen LogP contribution is 2.22. The molecule has 2 N–H and O–H groups in total. The Morgan fingerprint density at radius 2 is 1.95 bits per heavy atom. The molecule has 1 aromatic rings. The van der Waals surface area contributed by atoms with Crippen LogP contribution in [0.5, 0.6) is 0 Å². The summed E-state index contributed by atoms with van der Waals surface area (Å²) in [5.41, 5.74) is 5.26. The Balaban J connectivity index is 1.99. The number of amides is 1. The number of aromatic nitrogens is 1. The first-order valence-electron chi connectivity index (χ1n) is 7.22. The number of carbonyl (C=O) groups is 1. The van der Waals surface area contributed by atoms with Gasteiger partial charge in [0.05, 0.1) is 5.69 Å². The summed E-state index contributed by atoms with van der Waals surface area (Å²) < 4.78 is 7.03. The molecular weight excluding hydrogens is 270 g/mol. The number of anilines is 1. The van der Waals surface area contributed by atoms with E-state index >= 15 is 0 Å². The van der Waals surface area contributed by atoms with Crippen molar-refractivity contribution in [1.29, 1.82) is 0 Å². The van der Waals surface area contributed by atoms with Crippen LogP contribution in [0.3, 0.4) is 0 Å². The van der Waals surface area contributed by atoms with Crippen LogP contribution in [0.4, 0.5) is 10.5 Å². The average Bonchev–Trinajstić information content (AvgIpc) is 2.40. The van der Waals surface area contributed by atoms with Gasteiger partial charge in [0.1, 0.15) is 5.60 Å². The van der Waals surface area contributed by atoms with Crippen molar-refractivity contribution >= 4 is 11.8 Å². The lowest BCUT2D eigenvalue weighted by molar-refractivity contribution is 0.0187. The van der Waals surface area contributed by atoms with Crippen molar-refractivity contribution in [3.05, 3.63) is 28.7 Å². The first-order valence-corrected chi connectivity index (χ1v) is 7.22. The van der Waals surface area contributed by atoms with Crippen molar-refractivity contribution in [3.63, 3.8) is 0 Å². The molecule has 0 radical (unpaired) electrons. The number of piperidine rings is 1. The molecule has 1 aromatic heterocycles. The van der Waals surface area contributed by atoms with E-state index in [-0.39, 0.29) is 23.4 Å². The quantitative estimate of drug-likeness (QED) is 0.859. The van der Waals surface area contributed by atoms with Gasteiger partial charge in [-0.25, -0.2) is 4.79 Å². The van der Waals surface area contributed by atoms with Gasteiger partial charge in [0.25, 0.3) is 5.56 Å². The lowest BCUT2D eigenvalue weighted by Crippen LogP contribution is -2.43. The fourth-order valence-corrected chi connectivity index (χ4v) is 2.47. The molecule has 0 saturated carbocycles. The Morgan fingerprint density at radius 3 is 2.52 bits per heavy atom. The SMILES string of the molecule is CC(C)(C)OC(=O)N1CCC(n2cccc(N)c2=O)CC1. The molecule has 1 amide bonds. The molecule has 1 fully saturated rings. The van der Waals surface area contributed by atoms with E-state index < -0.39 is 5.60 Å². The van der Waals surface area contributed by atoms with Gasteiger partial charge in [-0.1, -0.05) is 0 Å². The van der Waals surface area contributed by atoms with E-state index in [2.05, 4.69) is 0 Å². The summed E-state index contributed by atoms with van der Waals surface area (Å²) in [6.45, 7) is 6.72. The second kappa shape index (κ2) is 5.79. The molecule has 116 valence electrons. The van der Waals surface area contributed by atoms with Crippen LogP contribution in [0.15, 0.2) is 23.1 Å². The van der Waals surface area contributed by atoms with Crippen LogP contribution < -0.4 is 11.3 Å². The predicted molar refractivity (Wildman–Crippen MR) is 81.2 cm³/mol. The lowest BCUT2D eigenvalue weighted by Gasteiger charge is -2.34. The van der Waals surface area contributed by atoms with Gasteiger partial charge in [-0.15, -0.1) is 0 Å². The Labute approximate surface area is 124 Å². The van der Waals surface area contributed by atoms with Crippen LogP contribution in [0.2, 0.25) is 0 Å². The first kappa shape index (κ1) is 15.4. The summed E-state index contributed by atoms with van der Waals surface area (Å²) in [7, 11) is 0. The van der Waals surface area contributed by atoms with Gasteiger partial charge in [-0.05, 0) is 45.7 Å². The van der Waals surface area contributed by atoms with Crippen LogP contribution in [-0.4, -0.2) is 34.3 Å². The average molecular weight is 293 g/mol. The normalized spacial score (nSPS) is 16.8. The van der Waals surface area contributed by atoms with Crippen molar-refractivity contribution in [2.45, 2.75) is 45.3 Å².